The summed E-state index contributed by atoms with van der Waals surface area (Å²) in [6, 6.07) is 0. The third-order valence-corrected chi connectivity index (χ3v) is 0.243. The molecule has 8 heavy (non-hydrogen) atoms. The number of alkyl halides is 3. The Kier molecular flexibility index (Phi) is 4.20. The molecule has 0 aliphatic rings. The van der Waals surface area contributed by atoms with E-state index in [1.807, 2.05) is 0 Å². The minimum absolute atomic E-state index is 0. The van der Waals surface area contributed by atoms with Crippen molar-refractivity contribution in [3.05, 3.63) is 0 Å². The molecule has 0 spiro atoms. The van der Waals surface area contributed by atoms with Gasteiger partial charge in [0.25, 0.3) is 0 Å². The summed E-state index contributed by atoms with van der Waals surface area (Å²) in [5.74, 6) is -2.76. The van der Waals surface area contributed by atoms with Gasteiger partial charge in [-0.15, -0.1) is 0 Å². The second kappa shape index (κ2) is 3.09. The Bertz CT molecular complexity index is 87.8. The van der Waals surface area contributed by atoms with Gasteiger partial charge < -0.3 is 5.11 Å². The van der Waals surface area contributed by atoms with Gasteiger partial charge in [-0.3, -0.25) is 0 Å². The number of hydrogen-bond donors (Lipinski definition) is 1. The van der Waals surface area contributed by atoms with E-state index in [9.17, 15) is 13.2 Å². The van der Waals surface area contributed by atoms with E-state index in [0.29, 0.717) is 0 Å². The molecule has 0 fully saturated rings. The zero-order valence-electron chi connectivity index (χ0n) is 3.49. The quantitative estimate of drug-likeness (QED) is 0.530. The largest absolute Gasteiger partial charge is 0.490 e. The van der Waals surface area contributed by atoms with E-state index in [2.05, 4.69) is 0 Å². The summed E-state index contributed by atoms with van der Waals surface area (Å²) in [4.78, 5) is 8.90. The van der Waals surface area contributed by atoms with Gasteiger partial charge in [-0.05, 0) is 0 Å². The summed E-state index contributed by atoms with van der Waals surface area (Å²) in [5, 5.41) is 7.12. The van der Waals surface area contributed by atoms with Gasteiger partial charge in [0.15, 0.2) is 0 Å². The molecule has 0 radical (unpaired) electrons. The standard InChI is InChI=1S/C2HF3O2.Ti/c3-2(4,5)1(6)7;/h(H,6,7);. The molecule has 0 saturated carbocycles. The van der Waals surface area contributed by atoms with Crippen LogP contribution in [0, 0.1) is 0 Å². The van der Waals surface area contributed by atoms with E-state index in [1.54, 1.807) is 0 Å². The fourth-order valence-electron chi connectivity index (χ4n) is 0. The van der Waals surface area contributed by atoms with Crippen LogP contribution in [0.4, 0.5) is 13.2 Å². The Labute approximate surface area is 57.6 Å². The first kappa shape index (κ1) is 10.9. The summed E-state index contributed by atoms with van der Waals surface area (Å²) in [5.41, 5.74) is 0. The molecule has 46 valence electrons. The van der Waals surface area contributed by atoms with Crippen molar-refractivity contribution in [1.29, 1.82) is 0 Å². The van der Waals surface area contributed by atoms with Crippen molar-refractivity contribution in [3.8, 4) is 0 Å². The molecular weight excluding hydrogens is 161 g/mol. The first-order valence-corrected chi connectivity index (χ1v) is 1.24. The molecule has 0 saturated heterocycles. The average molecular weight is 162 g/mol. The molecule has 0 aromatic heterocycles. The molecule has 0 atom stereocenters. The summed E-state index contributed by atoms with van der Waals surface area (Å²) in [6.07, 6.45) is -5.08. The molecule has 0 unspecified atom stereocenters. The molecule has 0 aromatic carbocycles. The van der Waals surface area contributed by atoms with Crippen LogP contribution >= 0.6 is 0 Å². The van der Waals surface area contributed by atoms with Crippen LogP contribution in [0.25, 0.3) is 0 Å². The third-order valence-electron chi connectivity index (χ3n) is 0.243. The number of halogens is 3. The minimum Gasteiger partial charge on any atom is -0.475 e. The monoisotopic (exact) mass is 162 g/mol. The summed E-state index contributed by atoms with van der Waals surface area (Å²) >= 11 is 0. The van der Waals surface area contributed by atoms with Crippen LogP contribution < -0.4 is 0 Å². The zero-order chi connectivity index (χ0) is 6.08. The number of aliphatic carboxylic acids is 1. The summed E-state index contributed by atoms with van der Waals surface area (Å²) in [7, 11) is 0. The molecule has 0 heterocycles. The van der Waals surface area contributed by atoms with E-state index in [-0.39, 0.29) is 21.7 Å². The van der Waals surface area contributed by atoms with Crippen LogP contribution in [-0.4, -0.2) is 17.3 Å². The summed E-state index contributed by atoms with van der Waals surface area (Å²) in [6.45, 7) is 0. The van der Waals surface area contributed by atoms with Crippen LogP contribution in [-0.2, 0) is 26.5 Å². The minimum atomic E-state index is -5.08. The number of hydrogen-bond acceptors (Lipinski definition) is 1. The van der Waals surface area contributed by atoms with Crippen molar-refractivity contribution < 1.29 is 44.8 Å². The SMILES string of the molecule is O=C(O)C(F)(F)F.[Ti]. The predicted molar refractivity (Wildman–Crippen MR) is 13.7 cm³/mol. The number of rotatable bonds is 0. The van der Waals surface area contributed by atoms with Crippen molar-refractivity contribution >= 4 is 5.97 Å². The second-order valence-electron chi connectivity index (χ2n) is 0.803. The van der Waals surface area contributed by atoms with Gasteiger partial charge in [-0.2, -0.15) is 13.2 Å². The molecule has 0 bridgehead atoms. The molecule has 1 N–H and O–H groups in total. The Morgan fingerprint density at radius 2 is 1.50 bits per heavy atom. The average Bonchev–Trinajstić information content (AvgIpc) is 1.31. The molecule has 0 rings (SSSR count). The van der Waals surface area contributed by atoms with Crippen LogP contribution in [0.1, 0.15) is 0 Å². The Hall–Kier alpha value is -0.0257. The Morgan fingerprint density at radius 1 is 1.38 bits per heavy atom. The molecule has 0 aliphatic heterocycles. The fourth-order valence-corrected chi connectivity index (χ4v) is 0. The zero-order valence-corrected chi connectivity index (χ0v) is 5.05. The van der Waals surface area contributed by atoms with Crippen molar-refractivity contribution in [2.45, 2.75) is 6.18 Å². The molecule has 6 heteroatoms. The van der Waals surface area contributed by atoms with E-state index in [0.717, 1.165) is 0 Å². The fraction of sp³-hybridized carbons (Fsp3) is 0.500. The smallest absolute Gasteiger partial charge is 0.475 e. The molecule has 0 aliphatic carbocycles. The second-order valence-corrected chi connectivity index (χ2v) is 0.803. The van der Waals surface area contributed by atoms with Gasteiger partial charge in [0.1, 0.15) is 0 Å². The first-order valence-electron chi connectivity index (χ1n) is 1.24. The number of carboxylic acid groups (broad SMARTS) is 1. The van der Waals surface area contributed by atoms with Gasteiger partial charge in [0, 0.05) is 21.7 Å². The van der Waals surface area contributed by atoms with Crippen molar-refractivity contribution in [2.75, 3.05) is 0 Å². The topological polar surface area (TPSA) is 37.3 Å². The number of carbonyl (C=O) groups is 1. The van der Waals surface area contributed by atoms with Crippen molar-refractivity contribution in [2.24, 2.45) is 0 Å². The molecule has 2 nitrogen and oxygen atoms in total. The molecule has 0 aromatic rings. The van der Waals surface area contributed by atoms with Crippen molar-refractivity contribution in [3.63, 3.8) is 0 Å². The predicted octanol–water partition coefficient (Wildman–Crippen LogP) is 0.631. The van der Waals surface area contributed by atoms with Gasteiger partial charge >= 0.3 is 12.1 Å². The maximum atomic E-state index is 10.6. The molecular formula is C2HF3O2Ti. The molecule has 0 amide bonds. The first-order chi connectivity index (χ1) is 2.94. The Morgan fingerprint density at radius 3 is 1.50 bits per heavy atom. The van der Waals surface area contributed by atoms with E-state index in [1.165, 1.54) is 0 Å². The van der Waals surface area contributed by atoms with Gasteiger partial charge in [-0.1, -0.05) is 0 Å². The maximum Gasteiger partial charge on any atom is 0.490 e. The maximum absolute atomic E-state index is 10.6. The van der Waals surface area contributed by atoms with Crippen LogP contribution in [0.15, 0.2) is 0 Å². The van der Waals surface area contributed by atoms with E-state index >= 15 is 0 Å². The Balaban J connectivity index is 0. The van der Waals surface area contributed by atoms with Crippen LogP contribution in [0.3, 0.4) is 0 Å². The van der Waals surface area contributed by atoms with Gasteiger partial charge in [0.2, 0.25) is 0 Å². The van der Waals surface area contributed by atoms with E-state index < -0.39 is 12.1 Å². The van der Waals surface area contributed by atoms with Gasteiger partial charge in [0.05, 0.1) is 0 Å². The van der Waals surface area contributed by atoms with E-state index in [4.69, 9.17) is 9.90 Å². The normalized spacial score (nSPS) is 9.88. The number of carboxylic acids is 1. The third kappa shape index (κ3) is 4.14. The van der Waals surface area contributed by atoms with Crippen LogP contribution in [0.5, 0.6) is 0 Å². The van der Waals surface area contributed by atoms with Gasteiger partial charge in [-0.25, -0.2) is 4.79 Å². The summed E-state index contributed by atoms with van der Waals surface area (Å²) < 4.78 is 31.7. The van der Waals surface area contributed by atoms with Crippen LogP contribution in [0.2, 0.25) is 0 Å². The van der Waals surface area contributed by atoms with Crippen molar-refractivity contribution in [1.82, 2.24) is 0 Å².